The van der Waals surface area contributed by atoms with Gasteiger partial charge in [0.15, 0.2) is 0 Å². The molecule has 0 aliphatic carbocycles. The van der Waals surface area contributed by atoms with Crippen molar-refractivity contribution < 1.29 is 0 Å². The monoisotopic (exact) mass is 697 g/mol. The number of aryl methyl sites for hydroxylation is 1. The van der Waals surface area contributed by atoms with Crippen LogP contribution in [0.5, 0.6) is 0 Å². The second-order valence-corrected chi connectivity index (χ2v) is 16.9. The highest BCUT2D eigenvalue weighted by atomic mass is 28.3. The predicted octanol–water partition coefficient (Wildman–Crippen LogP) is 11.5. The van der Waals surface area contributed by atoms with Gasteiger partial charge in [-0.15, -0.1) is 0 Å². The molecule has 0 saturated heterocycles. The molecule has 5 nitrogen and oxygen atoms in total. The van der Waals surface area contributed by atoms with Crippen LogP contribution in [0, 0.1) is 29.6 Å². The molecule has 0 atom stereocenters. The van der Waals surface area contributed by atoms with E-state index in [0.29, 0.717) is 11.1 Å². The highest BCUT2D eigenvalue weighted by molar-refractivity contribution is 6.70. The summed E-state index contributed by atoms with van der Waals surface area (Å²) in [7, 11) is -0.973. The molecule has 0 saturated carbocycles. The normalized spacial score (nSPS) is 11.4. The number of rotatable bonds is 7. The summed E-state index contributed by atoms with van der Waals surface area (Å²) in [4.78, 5) is 4.63. The maximum absolute atomic E-state index is 9.60. The van der Waals surface area contributed by atoms with Crippen molar-refractivity contribution in [2.45, 2.75) is 20.0 Å². The molecule has 7 aromatic carbocycles. The second-order valence-electron chi connectivity index (χ2n) is 13.9. The molecule has 2 heterocycles. The number of nitrogens with zero attached hydrogens (tertiary/aromatic N) is 5. The molecule has 6 heteroatoms. The highest BCUT2D eigenvalue weighted by Crippen LogP contribution is 2.49. The van der Waals surface area contributed by atoms with E-state index in [4.69, 9.17) is 0 Å². The molecule has 0 aliphatic rings. The summed E-state index contributed by atoms with van der Waals surface area (Å²) in [6.07, 6.45) is 0. The molecule has 0 amide bonds. The van der Waals surface area contributed by atoms with Gasteiger partial charge in [-0.05, 0) is 104 Å². The first kappa shape index (κ1) is 32.1. The summed E-state index contributed by atoms with van der Waals surface area (Å²) in [6, 6.07) is 57.7. The van der Waals surface area contributed by atoms with E-state index in [2.05, 4.69) is 149 Å². The lowest BCUT2D eigenvalue weighted by molar-refractivity contribution is 1.28. The molecule has 0 N–H and O–H groups in total. The predicted molar refractivity (Wildman–Crippen MR) is 223 cm³/mol. The van der Waals surface area contributed by atoms with Gasteiger partial charge in [0.25, 0.3) is 0 Å². The number of para-hydroxylation sites is 1. The lowest BCUT2D eigenvalue weighted by Gasteiger charge is -2.27. The fourth-order valence-electron chi connectivity index (χ4n) is 7.84. The van der Waals surface area contributed by atoms with Crippen molar-refractivity contribution in [1.29, 1.82) is 10.5 Å². The van der Waals surface area contributed by atoms with E-state index in [-0.39, 0.29) is 0 Å². The average Bonchev–Trinajstić information content (AvgIpc) is 3.73. The molecule has 2 aromatic heterocycles. The lowest BCUT2D eigenvalue weighted by atomic mass is 10.0. The first-order valence-corrected chi connectivity index (χ1v) is 20.8. The van der Waals surface area contributed by atoms with Crippen LogP contribution < -0.4 is 15.0 Å². The van der Waals surface area contributed by atoms with Crippen LogP contribution in [0.1, 0.15) is 16.7 Å². The zero-order chi connectivity index (χ0) is 36.2. The molecule has 0 radical (unpaired) electrons. The van der Waals surface area contributed by atoms with E-state index < -0.39 is 8.80 Å². The van der Waals surface area contributed by atoms with E-state index >= 15 is 0 Å². The van der Waals surface area contributed by atoms with Crippen molar-refractivity contribution >= 4 is 86.2 Å². The molecule has 252 valence electrons. The minimum absolute atomic E-state index is 0.631. The van der Waals surface area contributed by atoms with E-state index in [1.807, 2.05) is 48.5 Å². The largest absolute Gasteiger partial charge is 0.310 e. The van der Waals surface area contributed by atoms with Crippen LogP contribution in [-0.2, 0) is 0 Å². The van der Waals surface area contributed by atoms with Crippen molar-refractivity contribution in [3.63, 3.8) is 0 Å². The summed E-state index contributed by atoms with van der Waals surface area (Å²) in [5, 5.41) is 25.3. The van der Waals surface area contributed by atoms with Crippen LogP contribution in [0.15, 0.2) is 152 Å². The van der Waals surface area contributed by atoms with E-state index in [1.54, 1.807) is 0 Å². The van der Waals surface area contributed by atoms with Gasteiger partial charge < -0.3 is 14.2 Å². The molecule has 0 bridgehead atoms. The Hall–Kier alpha value is -6.86. The van der Waals surface area contributed by atoms with Crippen molar-refractivity contribution in [2.75, 3.05) is 9.80 Å². The third kappa shape index (κ3) is 5.20. The van der Waals surface area contributed by atoms with E-state index in [9.17, 15) is 10.5 Å². The molecule has 9 aromatic rings. The topological polar surface area (TPSA) is 58.5 Å². The van der Waals surface area contributed by atoms with Crippen molar-refractivity contribution in [2.24, 2.45) is 0 Å². The second kappa shape index (κ2) is 12.7. The average molecular weight is 698 g/mol. The quantitative estimate of drug-likeness (QED) is 0.156. The van der Waals surface area contributed by atoms with Gasteiger partial charge in [0.1, 0.15) is 0 Å². The maximum atomic E-state index is 9.60. The summed E-state index contributed by atoms with van der Waals surface area (Å²) in [5.41, 5.74) is 12.2. The van der Waals surface area contributed by atoms with Crippen LogP contribution >= 0.6 is 0 Å². The number of benzene rings is 7. The minimum Gasteiger partial charge on any atom is -0.310 e. The fourth-order valence-corrected chi connectivity index (χ4v) is 8.80. The molecular formula is C47H35N5Si. The van der Waals surface area contributed by atoms with Gasteiger partial charge in [-0.1, -0.05) is 78.4 Å². The molecule has 0 spiro atoms. The first-order valence-electron chi connectivity index (χ1n) is 17.9. The summed E-state index contributed by atoms with van der Waals surface area (Å²) >= 11 is 0. The van der Waals surface area contributed by atoms with Crippen LogP contribution in [-0.4, -0.2) is 13.2 Å². The summed E-state index contributed by atoms with van der Waals surface area (Å²) in [5.74, 6) is 0. The third-order valence-corrected chi connectivity index (χ3v) is 12.1. The number of hydrogen-bond acceptors (Lipinski definition) is 4. The zero-order valence-electron chi connectivity index (χ0n) is 29.7. The standard InChI is InChI=1S/C47H35N5Si/c1-31-13-19-34(20-14-31)50(35-21-15-32(29-48)16-22-35)41-9-5-11-43-45(41)39-7-4-8-40-46-42(10-6-12-44(46)52(43)47(39)40)51(36-23-17-33(30-49)18-24-36)37-25-27-38(28-26-37)53(2)3/h4-28,53H,1-3H3. The van der Waals surface area contributed by atoms with Crippen LogP contribution in [0.3, 0.4) is 0 Å². The summed E-state index contributed by atoms with van der Waals surface area (Å²) < 4.78 is 2.43. The van der Waals surface area contributed by atoms with Gasteiger partial charge in [0, 0.05) is 44.3 Å². The Morgan fingerprint density at radius 1 is 0.491 bits per heavy atom. The van der Waals surface area contributed by atoms with Gasteiger partial charge in [-0.3, -0.25) is 0 Å². The van der Waals surface area contributed by atoms with E-state index in [0.717, 1.165) is 45.2 Å². The Balaban J connectivity index is 1.32. The molecule has 9 rings (SSSR count). The fraction of sp³-hybridized carbons (Fsp3) is 0.0638. The minimum atomic E-state index is -0.973. The SMILES string of the molecule is Cc1ccc(N(c2ccc(C#N)cc2)c2cccc3c2c2cccc4c5c(N(c6ccc(C#N)cc6)c6ccc([SiH](C)C)cc6)cccc5n3c24)cc1. The van der Waals surface area contributed by atoms with Crippen LogP contribution in [0.4, 0.5) is 34.1 Å². The third-order valence-electron chi connectivity index (χ3n) is 10.4. The number of fused-ring (bicyclic) bond motifs is 6. The van der Waals surface area contributed by atoms with Crippen molar-refractivity contribution in [1.82, 2.24) is 4.40 Å². The van der Waals surface area contributed by atoms with Crippen LogP contribution in [0.25, 0.3) is 38.1 Å². The van der Waals surface area contributed by atoms with Gasteiger partial charge >= 0.3 is 0 Å². The Morgan fingerprint density at radius 3 is 1.30 bits per heavy atom. The van der Waals surface area contributed by atoms with E-state index in [1.165, 1.54) is 37.8 Å². The van der Waals surface area contributed by atoms with Gasteiger partial charge in [-0.25, -0.2) is 0 Å². The summed E-state index contributed by atoms with van der Waals surface area (Å²) in [6.45, 7) is 6.81. The van der Waals surface area contributed by atoms with Crippen molar-refractivity contribution in [3.05, 3.63) is 168 Å². The Labute approximate surface area is 310 Å². The smallest absolute Gasteiger partial charge is 0.0991 e. The molecule has 0 aliphatic heterocycles. The van der Waals surface area contributed by atoms with Gasteiger partial charge in [-0.2, -0.15) is 10.5 Å². The Kier molecular flexibility index (Phi) is 7.70. The Bertz CT molecular complexity index is 2880. The molecular weight excluding hydrogens is 663 g/mol. The van der Waals surface area contributed by atoms with Crippen LogP contribution in [0.2, 0.25) is 13.1 Å². The van der Waals surface area contributed by atoms with Crippen molar-refractivity contribution in [3.8, 4) is 12.1 Å². The molecule has 0 unspecified atom stereocenters. The number of anilines is 6. The number of nitriles is 2. The Morgan fingerprint density at radius 2 is 0.887 bits per heavy atom. The maximum Gasteiger partial charge on any atom is 0.0991 e. The van der Waals surface area contributed by atoms with Gasteiger partial charge in [0.2, 0.25) is 0 Å². The molecule has 53 heavy (non-hydrogen) atoms. The number of aromatic nitrogens is 1. The number of hydrogen-bond donors (Lipinski definition) is 0. The molecule has 0 fully saturated rings. The lowest BCUT2D eigenvalue weighted by Crippen LogP contribution is -2.22. The highest BCUT2D eigenvalue weighted by Gasteiger charge is 2.25. The first-order chi connectivity index (χ1) is 25.9. The van der Waals surface area contributed by atoms with Gasteiger partial charge in [0.05, 0.1) is 60.0 Å². The zero-order valence-corrected chi connectivity index (χ0v) is 30.9.